The van der Waals surface area contributed by atoms with Crippen LogP contribution in [0.5, 0.6) is 0 Å². The van der Waals surface area contributed by atoms with E-state index in [0.29, 0.717) is 11.3 Å². The molecule has 4 N–H and O–H groups in total. The molecule has 8 nitrogen and oxygen atoms in total. The maximum atomic E-state index is 12.4. The lowest BCUT2D eigenvalue weighted by molar-refractivity contribution is 0.0696. The molecule has 8 heteroatoms. The third kappa shape index (κ3) is 4.87. The lowest BCUT2D eigenvalue weighted by Crippen LogP contribution is -2.14. The SMILES string of the molecule is O=C(O)c1cc(NC(=O)c2ccc(NC(=O)c3ccccc3)cc2)cc(C(=O)O)c1. The van der Waals surface area contributed by atoms with E-state index in [2.05, 4.69) is 10.6 Å². The van der Waals surface area contributed by atoms with E-state index in [1.54, 1.807) is 42.5 Å². The van der Waals surface area contributed by atoms with Gasteiger partial charge in [-0.25, -0.2) is 9.59 Å². The number of carbonyl (C=O) groups excluding carboxylic acids is 2. The molecular formula is C22H16N2O6. The van der Waals surface area contributed by atoms with Gasteiger partial charge in [0.2, 0.25) is 0 Å². The third-order valence-electron chi connectivity index (χ3n) is 4.13. The summed E-state index contributed by atoms with van der Waals surface area (Å²) in [5.74, 6) is -3.48. The van der Waals surface area contributed by atoms with Gasteiger partial charge in [0.05, 0.1) is 11.1 Å². The number of nitrogens with one attached hydrogen (secondary N) is 2. The molecule has 2 amide bonds. The van der Waals surface area contributed by atoms with Crippen molar-refractivity contribution in [2.24, 2.45) is 0 Å². The van der Waals surface area contributed by atoms with Gasteiger partial charge in [0.1, 0.15) is 0 Å². The van der Waals surface area contributed by atoms with Gasteiger partial charge in [-0.2, -0.15) is 0 Å². The number of hydrogen-bond acceptors (Lipinski definition) is 4. The summed E-state index contributed by atoms with van der Waals surface area (Å²) in [5.41, 5.74) is 0.741. The topological polar surface area (TPSA) is 133 Å². The molecule has 30 heavy (non-hydrogen) atoms. The smallest absolute Gasteiger partial charge is 0.335 e. The average Bonchev–Trinajstić information content (AvgIpc) is 2.74. The number of aromatic carboxylic acids is 2. The molecule has 0 saturated heterocycles. The van der Waals surface area contributed by atoms with Crippen LogP contribution in [-0.4, -0.2) is 34.0 Å². The molecule has 0 radical (unpaired) electrons. The Bertz CT molecular complexity index is 1090. The van der Waals surface area contributed by atoms with Crippen molar-refractivity contribution in [3.8, 4) is 0 Å². The minimum absolute atomic E-state index is 0.0405. The van der Waals surface area contributed by atoms with Crippen LogP contribution in [0.2, 0.25) is 0 Å². The molecule has 3 aromatic carbocycles. The maximum absolute atomic E-state index is 12.4. The minimum Gasteiger partial charge on any atom is -0.478 e. The summed E-state index contributed by atoms with van der Waals surface area (Å²) in [7, 11) is 0. The highest BCUT2D eigenvalue weighted by atomic mass is 16.4. The summed E-state index contributed by atoms with van der Waals surface area (Å²) in [4.78, 5) is 46.9. The zero-order chi connectivity index (χ0) is 21.7. The molecule has 0 aromatic heterocycles. The van der Waals surface area contributed by atoms with Gasteiger partial charge in [0.25, 0.3) is 11.8 Å². The Hall–Kier alpha value is -4.46. The van der Waals surface area contributed by atoms with Crippen molar-refractivity contribution in [1.29, 1.82) is 0 Å². The molecule has 0 spiro atoms. The van der Waals surface area contributed by atoms with Crippen LogP contribution < -0.4 is 10.6 Å². The van der Waals surface area contributed by atoms with Crippen LogP contribution in [0.4, 0.5) is 11.4 Å². The Morgan fingerprint density at radius 2 is 1.00 bits per heavy atom. The third-order valence-corrected chi connectivity index (χ3v) is 4.13. The average molecular weight is 404 g/mol. The number of carboxylic acid groups (broad SMARTS) is 2. The number of carbonyl (C=O) groups is 4. The summed E-state index contributed by atoms with van der Waals surface area (Å²) < 4.78 is 0. The van der Waals surface area contributed by atoms with Gasteiger partial charge < -0.3 is 20.8 Å². The van der Waals surface area contributed by atoms with Gasteiger partial charge in [-0.1, -0.05) is 18.2 Å². The Balaban J connectivity index is 1.73. The number of anilines is 2. The summed E-state index contributed by atoms with van der Waals surface area (Å²) in [5, 5.41) is 23.4. The van der Waals surface area contributed by atoms with Crippen LogP contribution >= 0.6 is 0 Å². The van der Waals surface area contributed by atoms with E-state index in [1.807, 2.05) is 0 Å². The van der Waals surface area contributed by atoms with Gasteiger partial charge in [0, 0.05) is 22.5 Å². The van der Waals surface area contributed by atoms with Crippen molar-refractivity contribution in [3.05, 3.63) is 95.1 Å². The first-order valence-corrected chi connectivity index (χ1v) is 8.73. The molecule has 3 aromatic rings. The Morgan fingerprint density at radius 1 is 0.533 bits per heavy atom. The molecule has 0 unspecified atom stereocenters. The highest BCUT2D eigenvalue weighted by Crippen LogP contribution is 2.18. The van der Waals surface area contributed by atoms with Crippen LogP contribution in [-0.2, 0) is 0 Å². The van der Waals surface area contributed by atoms with Crippen molar-refractivity contribution in [2.75, 3.05) is 10.6 Å². The second-order valence-corrected chi connectivity index (χ2v) is 6.26. The van der Waals surface area contributed by atoms with E-state index in [0.717, 1.165) is 6.07 Å². The van der Waals surface area contributed by atoms with Crippen LogP contribution in [0.3, 0.4) is 0 Å². The molecule has 0 aliphatic carbocycles. The molecule has 3 rings (SSSR count). The first-order chi connectivity index (χ1) is 14.3. The Labute approximate surface area is 170 Å². The van der Waals surface area contributed by atoms with Gasteiger partial charge in [-0.15, -0.1) is 0 Å². The second kappa shape index (κ2) is 8.70. The Morgan fingerprint density at radius 3 is 1.50 bits per heavy atom. The molecular weight excluding hydrogens is 388 g/mol. The van der Waals surface area contributed by atoms with Crippen molar-refractivity contribution in [2.45, 2.75) is 0 Å². The lowest BCUT2D eigenvalue weighted by Gasteiger charge is -2.09. The summed E-state index contributed by atoms with van der Waals surface area (Å²) in [6, 6.07) is 18.0. The minimum atomic E-state index is -1.31. The van der Waals surface area contributed by atoms with E-state index >= 15 is 0 Å². The largest absolute Gasteiger partial charge is 0.478 e. The van der Waals surface area contributed by atoms with E-state index in [4.69, 9.17) is 10.2 Å². The zero-order valence-corrected chi connectivity index (χ0v) is 15.5. The normalized spacial score (nSPS) is 10.1. The van der Waals surface area contributed by atoms with Gasteiger partial charge in [0.15, 0.2) is 0 Å². The molecule has 0 fully saturated rings. The molecule has 150 valence electrons. The van der Waals surface area contributed by atoms with Gasteiger partial charge in [-0.05, 0) is 54.6 Å². The summed E-state index contributed by atoms with van der Waals surface area (Å²) in [6.45, 7) is 0. The second-order valence-electron chi connectivity index (χ2n) is 6.26. The standard InChI is InChI=1S/C22H16N2O6/c25-19(13-4-2-1-3-5-13)23-17-8-6-14(7-9-17)20(26)24-18-11-15(21(27)28)10-16(12-18)22(29)30/h1-12H,(H,23,25)(H,24,26)(H,27,28)(H,29,30). The van der Waals surface area contributed by atoms with E-state index in [-0.39, 0.29) is 28.3 Å². The van der Waals surface area contributed by atoms with Crippen molar-refractivity contribution in [3.63, 3.8) is 0 Å². The van der Waals surface area contributed by atoms with E-state index in [9.17, 15) is 19.2 Å². The number of amides is 2. The number of hydrogen-bond donors (Lipinski definition) is 4. The number of carboxylic acids is 2. The molecule has 0 aliphatic heterocycles. The quantitative estimate of drug-likeness (QED) is 0.496. The van der Waals surface area contributed by atoms with Crippen molar-refractivity contribution >= 4 is 35.1 Å². The lowest BCUT2D eigenvalue weighted by atomic mass is 10.1. The highest BCUT2D eigenvalue weighted by Gasteiger charge is 2.14. The monoisotopic (exact) mass is 404 g/mol. The van der Waals surface area contributed by atoms with E-state index < -0.39 is 17.8 Å². The van der Waals surface area contributed by atoms with Gasteiger partial charge >= 0.3 is 11.9 Å². The highest BCUT2D eigenvalue weighted by molar-refractivity contribution is 6.07. The van der Waals surface area contributed by atoms with Crippen molar-refractivity contribution < 1.29 is 29.4 Å². The Kier molecular flexibility index (Phi) is 5.88. The molecule has 0 atom stereocenters. The first-order valence-electron chi connectivity index (χ1n) is 8.73. The number of rotatable bonds is 6. The van der Waals surface area contributed by atoms with Crippen LogP contribution in [0.15, 0.2) is 72.8 Å². The number of benzene rings is 3. The molecule has 0 aliphatic rings. The predicted octanol–water partition coefficient (Wildman–Crippen LogP) is 3.59. The van der Waals surface area contributed by atoms with Crippen LogP contribution in [0.25, 0.3) is 0 Å². The fourth-order valence-corrected chi connectivity index (χ4v) is 2.65. The van der Waals surface area contributed by atoms with Crippen molar-refractivity contribution in [1.82, 2.24) is 0 Å². The van der Waals surface area contributed by atoms with Crippen LogP contribution in [0.1, 0.15) is 41.4 Å². The van der Waals surface area contributed by atoms with Crippen LogP contribution in [0, 0.1) is 0 Å². The zero-order valence-electron chi connectivity index (χ0n) is 15.5. The van der Waals surface area contributed by atoms with Gasteiger partial charge in [-0.3, -0.25) is 9.59 Å². The fraction of sp³-hybridized carbons (Fsp3) is 0. The first kappa shape index (κ1) is 20.3. The molecule has 0 saturated carbocycles. The fourth-order valence-electron chi connectivity index (χ4n) is 2.65. The maximum Gasteiger partial charge on any atom is 0.335 e. The van der Waals surface area contributed by atoms with E-state index in [1.165, 1.54) is 24.3 Å². The summed E-state index contributed by atoms with van der Waals surface area (Å²) in [6.07, 6.45) is 0. The molecule has 0 heterocycles. The molecule has 0 bridgehead atoms. The predicted molar refractivity (Wildman–Crippen MR) is 109 cm³/mol. The summed E-state index contributed by atoms with van der Waals surface area (Å²) >= 11 is 0.